The second-order valence-electron chi connectivity index (χ2n) is 7.41. The van der Waals surface area contributed by atoms with Gasteiger partial charge < -0.3 is 14.6 Å². The molecule has 0 unspecified atom stereocenters. The summed E-state index contributed by atoms with van der Waals surface area (Å²) >= 11 is 0. The minimum atomic E-state index is -0.348. The Morgan fingerprint density at radius 2 is 1.86 bits per heavy atom. The number of H-pyrrole nitrogens is 1. The molecule has 1 aliphatic rings. The van der Waals surface area contributed by atoms with E-state index in [2.05, 4.69) is 9.97 Å². The molecule has 0 saturated heterocycles. The minimum absolute atomic E-state index is 0.0204. The number of aromatic amines is 1. The van der Waals surface area contributed by atoms with Gasteiger partial charge in [0.25, 0.3) is 5.91 Å². The fourth-order valence-corrected chi connectivity index (χ4v) is 4.02. The molecule has 0 spiro atoms. The number of aromatic nitrogens is 2. The Labute approximate surface area is 166 Å². The Morgan fingerprint density at radius 1 is 1.18 bits per heavy atom. The third kappa shape index (κ3) is 4.26. The average Bonchev–Trinajstić information content (AvgIpc) is 3.01. The molecule has 1 saturated carbocycles. The number of carbonyl (C=O) groups is 2. The van der Waals surface area contributed by atoms with E-state index in [9.17, 15) is 9.59 Å². The first-order valence-corrected chi connectivity index (χ1v) is 10.1. The lowest BCUT2D eigenvalue weighted by molar-refractivity contribution is 0.0519. The lowest BCUT2D eigenvalue weighted by atomic mass is 9.93. The Balaban J connectivity index is 1.91. The summed E-state index contributed by atoms with van der Waals surface area (Å²) in [5.74, 6) is -0.328. The van der Waals surface area contributed by atoms with Crippen molar-refractivity contribution in [3.63, 3.8) is 0 Å². The largest absolute Gasteiger partial charge is 0.461 e. The van der Waals surface area contributed by atoms with Crippen LogP contribution in [0.2, 0.25) is 0 Å². The summed E-state index contributed by atoms with van der Waals surface area (Å²) < 4.78 is 5.16. The van der Waals surface area contributed by atoms with Crippen molar-refractivity contribution >= 4 is 11.9 Å². The molecule has 0 radical (unpaired) electrons. The van der Waals surface area contributed by atoms with Crippen molar-refractivity contribution in [1.29, 1.82) is 0 Å². The fourth-order valence-electron chi connectivity index (χ4n) is 4.02. The van der Waals surface area contributed by atoms with Gasteiger partial charge in [-0.1, -0.05) is 19.3 Å². The number of ether oxygens (including phenoxy) is 1. The Bertz CT molecular complexity index is 823. The fraction of sp³-hybridized carbons (Fsp3) is 0.500. The predicted octanol–water partition coefficient (Wildman–Crippen LogP) is 4.18. The molecule has 3 rings (SSSR count). The monoisotopic (exact) mass is 383 g/mol. The maximum Gasteiger partial charge on any atom is 0.355 e. The van der Waals surface area contributed by atoms with Gasteiger partial charge in [-0.3, -0.25) is 9.78 Å². The molecule has 0 aromatic carbocycles. The van der Waals surface area contributed by atoms with Crippen LogP contribution in [0, 0.1) is 13.8 Å². The van der Waals surface area contributed by atoms with E-state index < -0.39 is 0 Å². The molecule has 0 aliphatic heterocycles. The summed E-state index contributed by atoms with van der Waals surface area (Å²) in [4.78, 5) is 34.7. The van der Waals surface area contributed by atoms with Crippen LogP contribution in [0.15, 0.2) is 24.5 Å². The molecular weight excluding hydrogens is 354 g/mol. The number of carbonyl (C=O) groups excluding carboxylic acids is 2. The SMILES string of the molecule is CCOC(=O)c1[nH]c(C)c(CN(C(=O)c2ccncc2)C2CCCCC2)c1C. The van der Waals surface area contributed by atoms with Crippen molar-refractivity contribution in [2.45, 2.75) is 65.5 Å². The molecule has 0 atom stereocenters. The Hall–Kier alpha value is -2.63. The zero-order valence-corrected chi connectivity index (χ0v) is 17.0. The molecule has 28 heavy (non-hydrogen) atoms. The van der Waals surface area contributed by atoms with Gasteiger partial charge in [-0.25, -0.2) is 4.79 Å². The molecule has 2 heterocycles. The summed E-state index contributed by atoms with van der Waals surface area (Å²) in [6, 6.07) is 3.74. The number of hydrogen-bond acceptors (Lipinski definition) is 4. The van der Waals surface area contributed by atoms with E-state index in [-0.39, 0.29) is 17.9 Å². The zero-order valence-electron chi connectivity index (χ0n) is 17.0. The van der Waals surface area contributed by atoms with Crippen molar-refractivity contribution in [3.8, 4) is 0 Å². The molecule has 6 heteroatoms. The van der Waals surface area contributed by atoms with Gasteiger partial charge in [-0.05, 0) is 56.9 Å². The number of rotatable bonds is 6. The van der Waals surface area contributed by atoms with E-state index in [0.717, 1.165) is 42.5 Å². The summed E-state index contributed by atoms with van der Waals surface area (Å²) in [7, 11) is 0. The molecular formula is C22H29N3O3. The first kappa shape index (κ1) is 20.1. The standard InChI is InChI=1S/C22H29N3O3/c1-4-28-22(27)20-15(2)19(16(3)24-20)14-25(18-8-6-5-7-9-18)21(26)17-10-12-23-13-11-17/h10-13,18,24H,4-9,14H2,1-3H3. The van der Waals surface area contributed by atoms with Gasteiger partial charge in [0.05, 0.1) is 6.61 Å². The summed E-state index contributed by atoms with van der Waals surface area (Å²) in [6.07, 6.45) is 8.85. The number of esters is 1. The van der Waals surface area contributed by atoms with Gasteiger partial charge in [0, 0.05) is 36.2 Å². The van der Waals surface area contributed by atoms with Crippen molar-refractivity contribution in [2.75, 3.05) is 6.61 Å². The molecule has 6 nitrogen and oxygen atoms in total. The normalized spacial score (nSPS) is 14.7. The molecule has 2 aromatic rings. The number of aryl methyl sites for hydroxylation is 1. The maximum absolute atomic E-state index is 13.3. The summed E-state index contributed by atoms with van der Waals surface area (Å²) in [5, 5.41) is 0. The highest BCUT2D eigenvalue weighted by atomic mass is 16.5. The van der Waals surface area contributed by atoms with Crippen LogP contribution in [0.25, 0.3) is 0 Å². The third-order valence-corrected chi connectivity index (χ3v) is 5.60. The second kappa shape index (κ2) is 9.04. The van der Waals surface area contributed by atoms with Crippen molar-refractivity contribution in [3.05, 3.63) is 52.6 Å². The van der Waals surface area contributed by atoms with Crippen LogP contribution < -0.4 is 0 Å². The Kier molecular flexibility index (Phi) is 6.49. The van der Waals surface area contributed by atoms with Crippen LogP contribution in [0.1, 0.15) is 76.7 Å². The van der Waals surface area contributed by atoms with E-state index in [4.69, 9.17) is 4.74 Å². The molecule has 1 amide bonds. The maximum atomic E-state index is 13.3. The van der Waals surface area contributed by atoms with Crippen LogP contribution in [0.5, 0.6) is 0 Å². The zero-order chi connectivity index (χ0) is 20.1. The Morgan fingerprint density at radius 3 is 2.50 bits per heavy atom. The molecule has 1 aliphatic carbocycles. The molecule has 1 N–H and O–H groups in total. The minimum Gasteiger partial charge on any atom is -0.461 e. The number of hydrogen-bond donors (Lipinski definition) is 1. The third-order valence-electron chi connectivity index (χ3n) is 5.60. The highest BCUT2D eigenvalue weighted by Crippen LogP contribution is 2.28. The molecule has 2 aromatic heterocycles. The quantitative estimate of drug-likeness (QED) is 0.760. The average molecular weight is 383 g/mol. The van der Waals surface area contributed by atoms with Crippen LogP contribution in [0.4, 0.5) is 0 Å². The van der Waals surface area contributed by atoms with E-state index in [0.29, 0.717) is 24.4 Å². The van der Waals surface area contributed by atoms with Crippen molar-refractivity contribution < 1.29 is 14.3 Å². The van der Waals surface area contributed by atoms with Crippen molar-refractivity contribution in [1.82, 2.24) is 14.9 Å². The first-order valence-electron chi connectivity index (χ1n) is 10.1. The highest BCUT2D eigenvalue weighted by molar-refractivity contribution is 5.94. The number of pyridine rings is 1. The van der Waals surface area contributed by atoms with Crippen LogP contribution in [0.3, 0.4) is 0 Å². The van der Waals surface area contributed by atoms with Crippen molar-refractivity contribution in [2.24, 2.45) is 0 Å². The lowest BCUT2D eigenvalue weighted by Crippen LogP contribution is -2.41. The number of amides is 1. The van der Waals surface area contributed by atoms with E-state index in [1.165, 1.54) is 6.42 Å². The highest BCUT2D eigenvalue weighted by Gasteiger charge is 2.29. The van der Waals surface area contributed by atoms with E-state index >= 15 is 0 Å². The summed E-state index contributed by atoms with van der Waals surface area (Å²) in [6.45, 7) is 6.48. The molecule has 150 valence electrons. The van der Waals surface area contributed by atoms with E-state index in [1.54, 1.807) is 31.5 Å². The van der Waals surface area contributed by atoms with Crippen LogP contribution >= 0.6 is 0 Å². The first-order chi connectivity index (χ1) is 13.5. The van der Waals surface area contributed by atoms with Gasteiger partial charge in [0.1, 0.15) is 5.69 Å². The van der Waals surface area contributed by atoms with Gasteiger partial charge in [0.2, 0.25) is 0 Å². The smallest absolute Gasteiger partial charge is 0.355 e. The number of nitrogens with zero attached hydrogens (tertiary/aromatic N) is 2. The molecule has 0 bridgehead atoms. The van der Waals surface area contributed by atoms with Gasteiger partial charge >= 0.3 is 5.97 Å². The van der Waals surface area contributed by atoms with Crippen LogP contribution in [-0.4, -0.2) is 39.4 Å². The second-order valence-corrected chi connectivity index (χ2v) is 7.41. The number of nitrogens with one attached hydrogen (secondary N) is 1. The summed E-state index contributed by atoms with van der Waals surface area (Å²) in [5.41, 5.74) is 3.89. The van der Waals surface area contributed by atoms with Gasteiger partial charge in [-0.15, -0.1) is 0 Å². The topological polar surface area (TPSA) is 75.3 Å². The predicted molar refractivity (Wildman–Crippen MR) is 107 cm³/mol. The van der Waals surface area contributed by atoms with Gasteiger partial charge in [0.15, 0.2) is 0 Å². The van der Waals surface area contributed by atoms with E-state index in [1.807, 2.05) is 18.7 Å². The lowest BCUT2D eigenvalue weighted by Gasteiger charge is -2.35. The molecule has 1 fully saturated rings. The van der Waals surface area contributed by atoms with Crippen LogP contribution in [-0.2, 0) is 11.3 Å². The van der Waals surface area contributed by atoms with Gasteiger partial charge in [-0.2, -0.15) is 0 Å².